The Kier molecular flexibility index (Phi) is 6.10. The van der Waals surface area contributed by atoms with Crippen molar-refractivity contribution < 1.29 is 27.4 Å². The Labute approximate surface area is 139 Å². The number of ether oxygens (including phenoxy) is 2. The van der Waals surface area contributed by atoms with Gasteiger partial charge in [0.15, 0.2) is 6.61 Å². The number of carbonyl (C=O) groups excluding carboxylic acids is 1. The van der Waals surface area contributed by atoms with Crippen molar-refractivity contribution >= 4 is 5.91 Å². The fourth-order valence-electron chi connectivity index (χ4n) is 2.77. The minimum atomic E-state index is -4.52. The van der Waals surface area contributed by atoms with Crippen LogP contribution in [0.1, 0.15) is 25.8 Å². The highest BCUT2D eigenvalue weighted by Gasteiger charge is 2.34. The third-order valence-electron chi connectivity index (χ3n) is 3.83. The molecule has 1 aliphatic heterocycles. The molecule has 0 bridgehead atoms. The summed E-state index contributed by atoms with van der Waals surface area (Å²) in [5.74, 6) is -0.258. The van der Waals surface area contributed by atoms with Crippen molar-refractivity contribution in [1.29, 1.82) is 0 Å². The van der Waals surface area contributed by atoms with Gasteiger partial charge in [0.05, 0.1) is 24.8 Å². The molecule has 2 rings (SSSR count). The molecule has 0 N–H and O–H groups in total. The molecule has 1 aromatic rings. The quantitative estimate of drug-likeness (QED) is 0.821. The van der Waals surface area contributed by atoms with Gasteiger partial charge in [0, 0.05) is 6.54 Å². The van der Waals surface area contributed by atoms with E-state index in [1.54, 1.807) is 4.90 Å². The maximum Gasteiger partial charge on any atom is 0.419 e. The lowest BCUT2D eigenvalue weighted by molar-refractivity contribution is -0.145. The van der Waals surface area contributed by atoms with Gasteiger partial charge in [-0.15, -0.1) is 0 Å². The molecule has 24 heavy (non-hydrogen) atoms. The van der Waals surface area contributed by atoms with E-state index in [9.17, 15) is 18.0 Å². The lowest BCUT2D eigenvalue weighted by atomic mass is 10.0. The maximum atomic E-state index is 12.9. The molecule has 1 fully saturated rings. The highest BCUT2D eigenvalue weighted by Crippen LogP contribution is 2.35. The summed E-state index contributed by atoms with van der Waals surface area (Å²) < 4.78 is 49.4. The normalized spacial score (nSPS) is 18.8. The topological polar surface area (TPSA) is 38.8 Å². The van der Waals surface area contributed by atoms with Crippen LogP contribution in [0.4, 0.5) is 13.2 Å². The highest BCUT2D eigenvalue weighted by atomic mass is 19.4. The number of benzene rings is 1. The Balaban J connectivity index is 2.02. The number of amides is 1. The summed E-state index contributed by atoms with van der Waals surface area (Å²) in [6.45, 7) is 4.99. The molecule has 0 saturated carbocycles. The minimum Gasteiger partial charge on any atom is -0.483 e. The second-order valence-corrected chi connectivity index (χ2v) is 6.23. The molecule has 0 radical (unpaired) electrons. The lowest BCUT2D eigenvalue weighted by Crippen LogP contribution is -2.50. The first-order valence-electron chi connectivity index (χ1n) is 7.95. The Bertz CT molecular complexity index is 560. The van der Waals surface area contributed by atoms with Gasteiger partial charge in [-0.25, -0.2) is 0 Å². The van der Waals surface area contributed by atoms with Crippen molar-refractivity contribution in [3.63, 3.8) is 0 Å². The van der Waals surface area contributed by atoms with E-state index in [-0.39, 0.29) is 17.7 Å². The number of nitrogens with zero attached hydrogens (tertiary/aromatic N) is 1. The SMILES string of the molecule is CC(C)CC1COCCN1C(=O)COc1ccccc1C(F)(F)F. The average Bonchev–Trinajstić information content (AvgIpc) is 2.52. The molecular weight excluding hydrogens is 323 g/mol. The molecule has 1 aliphatic rings. The van der Waals surface area contributed by atoms with E-state index in [1.807, 2.05) is 13.8 Å². The predicted molar refractivity (Wildman–Crippen MR) is 82.7 cm³/mol. The third-order valence-corrected chi connectivity index (χ3v) is 3.83. The van der Waals surface area contributed by atoms with E-state index >= 15 is 0 Å². The lowest BCUT2D eigenvalue weighted by Gasteiger charge is -2.36. The summed E-state index contributed by atoms with van der Waals surface area (Å²) in [6, 6.07) is 4.84. The minimum absolute atomic E-state index is 0.0623. The van der Waals surface area contributed by atoms with E-state index in [1.165, 1.54) is 18.2 Å². The number of alkyl halides is 3. The zero-order valence-corrected chi connectivity index (χ0v) is 13.8. The van der Waals surface area contributed by atoms with E-state index in [0.29, 0.717) is 25.7 Å². The van der Waals surface area contributed by atoms with Gasteiger partial charge < -0.3 is 14.4 Å². The fraction of sp³-hybridized carbons (Fsp3) is 0.588. The largest absolute Gasteiger partial charge is 0.483 e. The fourth-order valence-corrected chi connectivity index (χ4v) is 2.77. The summed E-state index contributed by atoms with van der Waals surface area (Å²) >= 11 is 0. The van der Waals surface area contributed by atoms with Crippen LogP contribution in [0.15, 0.2) is 24.3 Å². The van der Waals surface area contributed by atoms with Crippen LogP contribution in [0.25, 0.3) is 0 Å². The predicted octanol–water partition coefficient (Wildman–Crippen LogP) is 3.36. The third kappa shape index (κ3) is 4.87. The van der Waals surface area contributed by atoms with Crippen LogP contribution in [0.2, 0.25) is 0 Å². The van der Waals surface area contributed by atoms with E-state index in [0.717, 1.165) is 12.5 Å². The first-order valence-corrected chi connectivity index (χ1v) is 7.95. The average molecular weight is 345 g/mol. The van der Waals surface area contributed by atoms with Gasteiger partial charge >= 0.3 is 6.18 Å². The summed E-state index contributed by atoms with van der Waals surface area (Å²) in [4.78, 5) is 14.0. The molecule has 0 spiro atoms. The molecular formula is C17H22F3NO3. The molecule has 7 heteroatoms. The van der Waals surface area contributed by atoms with E-state index in [2.05, 4.69) is 0 Å². The zero-order valence-electron chi connectivity index (χ0n) is 13.8. The number of morpholine rings is 1. The van der Waals surface area contributed by atoms with Crippen LogP contribution in [-0.4, -0.2) is 43.2 Å². The van der Waals surface area contributed by atoms with Crippen LogP contribution in [0.3, 0.4) is 0 Å². The maximum absolute atomic E-state index is 12.9. The van der Waals surface area contributed by atoms with Gasteiger partial charge in [-0.05, 0) is 24.5 Å². The van der Waals surface area contributed by atoms with Crippen LogP contribution in [0.5, 0.6) is 5.75 Å². The highest BCUT2D eigenvalue weighted by molar-refractivity contribution is 5.78. The zero-order chi connectivity index (χ0) is 17.7. The first kappa shape index (κ1) is 18.6. The molecule has 1 unspecified atom stereocenters. The van der Waals surface area contributed by atoms with Crippen molar-refractivity contribution in [3.05, 3.63) is 29.8 Å². The molecule has 1 atom stereocenters. The van der Waals surface area contributed by atoms with Crippen LogP contribution in [0, 0.1) is 5.92 Å². The Morgan fingerprint density at radius 3 is 2.75 bits per heavy atom. The van der Waals surface area contributed by atoms with Crippen molar-refractivity contribution in [2.45, 2.75) is 32.5 Å². The number of para-hydroxylation sites is 1. The number of halogens is 3. The Morgan fingerprint density at radius 2 is 2.08 bits per heavy atom. The standard InChI is InChI=1S/C17H22F3NO3/c1-12(2)9-13-10-23-8-7-21(13)16(22)11-24-15-6-4-3-5-14(15)17(18,19)20/h3-6,12-13H,7-11H2,1-2H3. The molecule has 0 aliphatic carbocycles. The Hall–Kier alpha value is -1.76. The molecule has 1 amide bonds. The van der Waals surface area contributed by atoms with Crippen LogP contribution >= 0.6 is 0 Å². The molecule has 1 saturated heterocycles. The molecule has 4 nitrogen and oxygen atoms in total. The smallest absolute Gasteiger partial charge is 0.419 e. The molecule has 0 aromatic heterocycles. The van der Waals surface area contributed by atoms with Crippen molar-refractivity contribution in [2.75, 3.05) is 26.4 Å². The van der Waals surface area contributed by atoms with Gasteiger partial charge in [-0.3, -0.25) is 4.79 Å². The molecule has 1 aromatic carbocycles. The summed E-state index contributed by atoms with van der Waals surface area (Å²) in [5, 5.41) is 0. The van der Waals surface area contributed by atoms with Gasteiger partial charge in [-0.2, -0.15) is 13.2 Å². The van der Waals surface area contributed by atoms with Crippen molar-refractivity contribution in [2.24, 2.45) is 5.92 Å². The van der Waals surface area contributed by atoms with Gasteiger partial charge in [0.2, 0.25) is 0 Å². The number of rotatable bonds is 5. The second kappa shape index (κ2) is 7.88. The van der Waals surface area contributed by atoms with Gasteiger partial charge in [-0.1, -0.05) is 26.0 Å². The van der Waals surface area contributed by atoms with Crippen molar-refractivity contribution in [3.8, 4) is 5.75 Å². The van der Waals surface area contributed by atoms with Gasteiger partial charge in [0.1, 0.15) is 5.75 Å². The summed E-state index contributed by atoms with van der Waals surface area (Å²) in [6.07, 6.45) is -3.73. The number of hydrogen-bond donors (Lipinski definition) is 0. The first-order chi connectivity index (χ1) is 11.3. The van der Waals surface area contributed by atoms with Gasteiger partial charge in [0.25, 0.3) is 5.91 Å². The summed E-state index contributed by atoms with van der Waals surface area (Å²) in [5.41, 5.74) is -0.876. The molecule has 134 valence electrons. The monoisotopic (exact) mass is 345 g/mol. The number of carbonyl (C=O) groups is 1. The van der Waals surface area contributed by atoms with Crippen LogP contribution in [-0.2, 0) is 15.7 Å². The van der Waals surface area contributed by atoms with Crippen molar-refractivity contribution in [1.82, 2.24) is 4.90 Å². The van der Waals surface area contributed by atoms with Crippen LogP contribution < -0.4 is 4.74 Å². The Morgan fingerprint density at radius 1 is 1.38 bits per heavy atom. The summed E-state index contributed by atoms with van der Waals surface area (Å²) in [7, 11) is 0. The number of hydrogen-bond acceptors (Lipinski definition) is 3. The molecule has 1 heterocycles. The second-order valence-electron chi connectivity index (χ2n) is 6.23. The van der Waals surface area contributed by atoms with E-state index < -0.39 is 18.3 Å². The van der Waals surface area contributed by atoms with E-state index in [4.69, 9.17) is 9.47 Å².